The molecule has 0 spiro atoms. The van der Waals surface area contributed by atoms with Gasteiger partial charge in [-0.15, -0.1) is 11.3 Å². The average molecular weight is 196 g/mol. The monoisotopic (exact) mass is 196 g/mol. The highest BCUT2D eigenvalue weighted by atomic mass is 32.1. The van der Waals surface area contributed by atoms with Crippen molar-refractivity contribution in [2.24, 2.45) is 10.7 Å². The molecule has 0 saturated carbocycles. The molecule has 1 amide bonds. The molecule has 0 radical (unpaired) electrons. The number of nitrogens with two attached hydrogens (primary N) is 1. The largest absolute Gasteiger partial charge is 0.487 e. The smallest absolute Gasteiger partial charge is 0.252 e. The van der Waals surface area contributed by atoms with E-state index in [0.29, 0.717) is 12.3 Å². The summed E-state index contributed by atoms with van der Waals surface area (Å²) in [6.45, 7) is 0. The van der Waals surface area contributed by atoms with Crippen LogP contribution in [0.5, 0.6) is 5.06 Å². The summed E-state index contributed by atoms with van der Waals surface area (Å²) in [5.41, 5.74) is 6.42. The van der Waals surface area contributed by atoms with E-state index >= 15 is 0 Å². The Morgan fingerprint density at radius 3 is 3.15 bits per heavy atom. The number of aliphatic imine (C=N–C) groups is 1. The van der Waals surface area contributed by atoms with Crippen LogP contribution in [-0.4, -0.2) is 18.9 Å². The summed E-state index contributed by atoms with van der Waals surface area (Å²) in [5, 5.41) is 0.762. The number of methoxy groups -OCH3 is 1. The molecule has 0 saturated heterocycles. The van der Waals surface area contributed by atoms with E-state index in [1.165, 1.54) is 11.3 Å². The highest BCUT2D eigenvalue weighted by Gasteiger charge is 2.20. The van der Waals surface area contributed by atoms with E-state index in [4.69, 9.17) is 10.5 Å². The van der Waals surface area contributed by atoms with Crippen LogP contribution in [0.15, 0.2) is 11.1 Å². The van der Waals surface area contributed by atoms with Gasteiger partial charge in [-0.1, -0.05) is 0 Å². The van der Waals surface area contributed by atoms with Gasteiger partial charge in [-0.2, -0.15) is 4.99 Å². The summed E-state index contributed by atoms with van der Waals surface area (Å²) >= 11 is 1.44. The van der Waals surface area contributed by atoms with Crippen molar-refractivity contribution in [2.75, 3.05) is 7.11 Å². The van der Waals surface area contributed by atoms with Gasteiger partial charge in [0, 0.05) is 16.5 Å². The van der Waals surface area contributed by atoms with Crippen LogP contribution in [0, 0.1) is 0 Å². The zero-order valence-electron chi connectivity index (χ0n) is 7.03. The van der Waals surface area contributed by atoms with Gasteiger partial charge in [0.05, 0.1) is 13.5 Å². The lowest BCUT2D eigenvalue weighted by molar-refractivity contribution is -0.117. The quantitative estimate of drug-likeness (QED) is 0.713. The number of carbonyl (C=O) groups excluding carboxylic acids is 1. The lowest BCUT2D eigenvalue weighted by Gasteiger charge is -2.05. The first-order chi connectivity index (χ1) is 6.20. The topological polar surface area (TPSA) is 64.7 Å². The summed E-state index contributed by atoms with van der Waals surface area (Å²) < 4.78 is 5.05. The fraction of sp³-hybridized carbons (Fsp3) is 0.250. The summed E-state index contributed by atoms with van der Waals surface area (Å²) in [5.74, 6) is 0.111. The molecule has 2 rings (SSSR count). The van der Waals surface area contributed by atoms with Crippen molar-refractivity contribution >= 4 is 23.1 Å². The van der Waals surface area contributed by atoms with Gasteiger partial charge in [-0.05, 0) is 0 Å². The first kappa shape index (κ1) is 8.25. The molecule has 13 heavy (non-hydrogen) atoms. The minimum absolute atomic E-state index is 0.186. The van der Waals surface area contributed by atoms with Crippen LogP contribution < -0.4 is 10.5 Å². The molecule has 0 fully saturated rings. The minimum Gasteiger partial charge on any atom is -0.487 e. The van der Waals surface area contributed by atoms with Crippen molar-refractivity contribution in [3.8, 4) is 5.06 Å². The van der Waals surface area contributed by atoms with E-state index in [1.807, 2.05) is 6.07 Å². The number of hydrogen-bond donors (Lipinski definition) is 1. The van der Waals surface area contributed by atoms with Crippen LogP contribution in [0.1, 0.15) is 10.4 Å². The number of thiophene rings is 1. The van der Waals surface area contributed by atoms with Crippen molar-refractivity contribution in [2.45, 2.75) is 6.42 Å². The lowest BCUT2D eigenvalue weighted by Crippen LogP contribution is -2.21. The minimum atomic E-state index is -0.186. The Hall–Kier alpha value is -1.36. The van der Waals surface area contributed by atoms with E-state index in [-0.39, 0.29) is 5.91 Å². The summed E-state index contributed by atoms with van der Waals surface area (Å²) in [6.07, 6.45) is 0.337. The van der Waals surface area contributed by atoms with Crippen molar-refractivity contribution in [3.63, 3.8) is 0 Å². The highest BCUT2D eigenvalue weighted by molar-refractivity contribution is 7.14. The first-order valence-corrected chi connectivity index (χ1v) is 4.56. The normalized spacial score (nSPS) is 15.2. The van der Waals surface area contributed by atoms with E-state index in [0.717, 1.165) is 15.5 Å². The van der Waals surface area contributed by atoms with Gasteiger partial charge >= 0.3 is 0 Å². The molecule has 1 aromatic rings. The second-order valence-electron chi connectivity index (χ2n) is 2.67. The summed E-state index contributed by atoms with van der Waals surface area (Å²) in [4.78, 5) is 15.6. The lowest BCUT2D eigenvalue weighted by atomic mass is 10.1. The number of ether oxygens (including phenoxy) is 1. The molecule has 0 aromatic carbocycles. The molecule has 5 heteroatoms. The number of amidine groups is 1. The molecule has 1 aliphatic rings. The van der Waals surface area contributed by atoms with E-state index in [1.54, 1.807) is 7.11 Å². The predicted octanol–water partition coefficient (Wildman–Crippen LogP) is 0.545. The van der Waals surface area contributed by atoms with E-state index < -0.39 is 0 Å². The van der Waals surface area contributed by atoms with Crippen LogP contribution in [0.4, 0.5) is 0 Å². The maximum atomic E-state index is 11.0. The third-order valence-corrected chi connectivity index (χ3v) is 2.92. The molecular formula is C8H8N2O2S. The molecule has 2 N–H and O–H groups in total. The molecule has 68 valence electrons. The number of fused-ring (bicyclic) bond motifs is 1. The predicted molar refractivity (Wildman–Crippen MR) is 50.3 cm³/mol. The maximum Gasteiger partial charge on any atom is 0.252 e. The van der Waals surface area contributed by atoms with E-state index in [9.17, 15) is 4.79 Å². The van der Waals surface area contributed by atoms with Gasteiger partial charge in [0.1, 0.15) is 5.84 Å². The molecular weight excluding hydrogens is 188 g/mol. The van der Waals surface area contributed by atoms with Crippen LogP contribution in [0.2, 0.25) is 0 Å². The Morgan fingerprint density at radius 2 is 2.46 bits per heavy atom. The SMILES string of the molecule is COc1cc2c(s1)CC(=O)N=C2N. The van der Waals surface area contributed by atoms with Crippen LogP contribution >= 0.6 is 11.3 Å². The average Bonchev–Trinajstić information content (AvgIpc) is 2.47. The molecule has 0 unspecified atom stereocenters. The molecule has 1 aliphatic heterocycles. The van der Waals surface area contributed by atoms with Gasteiger partial charge in [-0.3, -0.25) is 4.79 Å². The fourth-order valence-corrected chi connectivity index (χ4v) is 2.20. The maximum absolute atomic E-state index is 11.0. The number of nitrogens with zero attached hydrogens (tertiary/aromatic N) is 1. The highest BCUT2D eigenvalue weighted by Crippen LogP contribution is 2.31. The number of carbonyl (C=O) groups is 1. The molecule has 4 nitrogen and oxygen atoms in total. The van der Waals surface area contributed by atoms with Gasteiger partial charge in [-0.25, -0.2) is 0 Å². The molecule has 0 aliphatic carbocycles. The van der Waals surface area contributed by atoms with Crippen molar-refractivity contribution in [1.82, 2.24) is 0 Å². The van der Waals surface area contributed by atoms with Gasteiger partial charge in [0.15, 0.2) is 5.06 Å². The summed E-state index contributed by atoms with van der Waals surface area (Å²) in [6, 6.07) is 1.81. The summed E-state index contributed by atoms with van der Waals surface area (Å²) in [7, 11) is 1.59. The second kappa shape index (κ2) is 2.85. The van der Waals surface area contributed by atoms with Crippen molar-refractivity contribution < 1.29 is 9.53 Å². The Bertz CT molecular complexity index is 395. The number of amides is 1. The Morgan fingerprint density at radius 1 is 1.69 bits per heavy atom. The van der Waals surface area contributed by atoms with Crippen molar-refractivity contribution in [1.29, 1.82) is 0 Å². The first-order valence-electron chi connectivity index (χ1n) is 3.75. The third kappa shape index (κ3) is 1.31. The third-order valence-electron chi connectivity index (χ3n) is 1.82. The molecule has 0 atom stereocenters. The van der Waals surface area contributed by atoms with Gasteiger partial charge < -0.3 is 10.5 Å². The second-order valence-corrected chi connectivity index (χ2v) is 3.77. The Kier molecular flexibility index (Phi) is 1.81. The standard InChI is InChI=1S/C8H8N2O2S/c1-12-7-2-4-5(13-7)3-6(11)10-8(4)9/h2H,3H2,1H3,(H2,9,10,11). The fourth-order valence-electron chi connectivity index (χ4n) is 1.22. The van der Waals surface area contributed by atoms with Gasteiger partial charge in [0.25, 0.3) is 5.91 Å². The van der Waals surface area contributed by atoms with Gasteiger partial charge in [0.2, 0.25) is 0 Å². The number of hydrogen-bond acceptors (Lipinski definition) is 4. The molecule has 0 bridgehead atoms. The van der Waals surface area contributed by atoms with Crippen LogP contribution in [0.25, 0.3) is 0 Å². The van der Waals surface area contributed by atoms with E-state index in [2.05, 4.69) is 4.99 Å². The Labute approximate surface area is 79.0 Å². The van der Waals surface area contributed by atoms with Crippen LogP contribution in [0.3, 0.4) is 0 Å². The Balaban J connectivity index is 2.50. The molecule has 2 heterocycles. The zero-order valence-corrected chi connectivity index (χ0v) is 7.85. The zero-order chi connectivity index (χ0) is 9.42. The molecule has 1 aromatic heterocycles. The number of rotatable bonds is 1. The van der Waals surface area contributed by atoms with Crippen LogP contribution in [-0.2, 0) is 11.2 Å². The van der Waals surface area contributed by atoms with Crippen molar-refractivity contribution in [3.05, 3.63) is 16.5 Å².